The highest BCUT2D eigenvalue weighted by Crippen LogP contribution is 2.37. The predicted molar refractivity (Wildman–Crippen MR) is 88.3 cm³/mol. The Kier molecular flexibility index (Phi) is 3.29. The minimum atomic E-state index is -0.428. The van der Waals surface area contributed by atoms with E-state index < -0.39 is 5.91 Å². The molecule has 22 heavy (non-hydrogen) atoms. The van der Waals surface area contributed by atoms with Crippen molar-refractivity contribution in [2.75, 3.05) is 0 Å². The van der Waals surface area contributed by atoms with Crippen molar-refractivity contribution >= 4 is 22.8 Å². The van der Waals surface area contributed by atoms with Gasteiger partial charge in [-0.2, -0.15) is 5.10 Å². The number of fused-ring (bicyclic) bond motifs is 1. The number of nitrogens with zero attached hydrogens (tertiary/aromatic N) is 3. The summed E-state index contributed by atoms with van der Waals surface area (Å²) in [6, 6.07) is 5.89. The van der Waals surface area contributed by atoms with E-state index >= 15 is 0 Å². The molecule has 3 rings (SSSR count). The Hall–Kier alpha value is -2.21. The summed E-state index contributed by atoms with van der Waals surface area (Å²) in [5, 5.41) is 5.29. The summed E-state index contributed by atoms with van der Waals surface area (Å²) in [4.78, 5) is 17.0. The molecule has 5 nitrogen and oxygen atoms in total. The number of aryl methyl sites for hydroxylation is 1. The Balaban J connectivity index is 2.28. The van der Waals surface area contributed by atoms with Crippen molar-refractivity contribution in [1.29, 1.82) is 0 Å². The van der Waals surface area contributed by atoms with Gasteiger partial charge in [-0.1, -0.05) is 26.8 Å². The van der Waals surface area contributed by atoms with Crippen LogP contribution >= 0.6 is 11.3 Å². The first kappa shape index (κ1) is 14.7. The highest BCUT2D eigenvalue weighted by Gasteiger charge is 2.27. The van der Waals surface area contributed by atoms with Crippen molar-refractivity contribution in [3.63, 3.8) is 0 Å². The second-order valence-corrected chi connectivity index (χ2v) is 7.30. The standard InChI is InChI=1S/C16H18N4OS/c1-9-11(10-7-5-6-8-20(10)19-9)15-18-13(16(2,3)4)12(22-15)14(17)21/h5-8H,1-4H3,(H2,17,21). The van der Waals surface area contributed by atoms with Crippen molar-refractivity contribution in [3.05, 3.63) is 40.7 Å². The Morgan fingerprint density at radius 3 is 2.64 bits per heavy atom. The van der Waals surface area contributed by atoms with E-state index in [-0.39, 0.29) is 5.41 Å². The Morgan fingerprint density at radius 2 is 2.05 bits per heavy atom. The zero-order valence-corrected chi connectivity index (χ0v) is 13.9. The van der Waals surface area contributed by atoms with E-state index in [0.717, 1.165) is 27.5 Å². The molecule has 6 heteroatoms. The molecule has 0 aliphatic heterocycles. The van der Waals surface area contributed by atoms with E-state index in [4.69, 9.17) is 10.7 Å². The molecule has 114 valence electrons. The topological polar surface area (TPSA) is 73.3 Å². The van der Waals surface area contributed by atoms with Gasteiger partial charge in [0, 0.05) is 11.6 Å². The molecule has 0 aromatic carbocycles. The number of carbonyl (C=O) groups is 1. The van der Waals surface area contributed by atoms with Gasteiger partial charge >= 0.3 is 0 Å². The van der Waals surface area contributed by atoms with Gasteiger partial charge in [-0.25, -0.2) is 9.50 Å². The Labute approximate surface area is 132 Å². The lowest BCUT2D eigenvalue weighted by atomic mass is 9.91. The number of rotatable bonds is 2. The number of pyridine rings is 1. The fraction of sp³-hybridized carbons (Fsp3) is 0.312. The third kappa shape index (κ3) is 2.29. The van der Waals surface area contributed by atoms with Crippen molar-refractivity contribution in [1.82, 2.24) is 14.6 Å². The van der Waals surface area contributed by atoms with Crippen LogP contribution in [0.3, 0.4) is 0 Å². The lowest BCUT2D eigenvalue weighted by molar-refractivity contribution is 0.100. The van der Waals surface area contributed by atoms with E-state index in [2.05, 4.69) is 5.10 Å². The molecule has 0 saturated heterocycles. The summed E-state index contributed by atoms with van der Waals surface area (Å²) in [5.74, 6) is -0.428. The number of hydrogen-bond donors (Lipinski definition) is 1. The summed E-state index contributed by atoms with van der Waals surface area (Å²) in [5.41, 5.74) is 8.87. The number of amides is 1. The van der Waals surface area contributed by atoms with Crippen LogP contribution in [0, 0.1) is 6.92 Å². The molecule has 0 radical (unpaired) electrons. The molecule has 3 aromatic rings. The second-order valence-electron chi connectivity index (χ2n) is 6.30. The van der Waals surface area contributed by atoms with Gasteiger partial charge < -0.3 is 5.73 Å². The van der Waals surface area contributed by atoms with Gasteiger partial charge in [-0.15, -0.1) is 11.3 Å². The molecule has 2 N–H and O–H groups in total. The Morgan fingerprint density at radius 1 is 1.32 bits per heavy atom. The van der Waals surface area contributed by atoms with Crippen LogP contribution < -0.4 is 5.73 Å². The first-order valence-corrected chi connectivity index (χ1v) is 7.86. The summed E-state index contributed by atoms with van der Waals surface area (Å²) >= 11 is 1.34. The van der Waals surface area contributed by atoms with Crippen molar-refractivity contribution in [3.8, 4) is 10.6 Å². The molecular formula is C16H18N4OS. The third-order valence-corrected chi connectivity index (χ3v) is 4.58. The van der Waals surface area contributed by atoms with E-state index in [1.54, 1.807) is 0 Å². The van der Waals surface area contributed by atoms with Gasteiger partial charge in [0.05, 0.1) is 22.5 Å². The van der Waals surface area contributed by atoms with E-state index in [1.807, 2.05) is 56.6 Å². The highest BCUT2D eigenvalue weighted by molar-refractivity contribution is 7.17. The monoisotopic (exact) mass is 314 g/mol. The summed E-state index contributed by atoms with van der Waals surface area (Å²) in [7, 11) is 0. The number of carbonyl (C=O) groups excluding carboxylic acids is 1. The molecule has 0 unspecified atom stereocenters. The second kappa shape index (κ2) is 4.91. The molecule has 1 amide bonds. The van der Waals surface area contributed by atoms with Gasteiger partial charge in [-0.3, -0.25) is 4.79 Å². The molecule has 3 aromatic heterocycles. The lowest BCUT2D eigenvalue weighted by Gasteiger charge is -2.16. The number of primary amides is 1. The molecule has 0 fully saturated rings. The average molecular weight is 314 g/mol. The fourth-order valence-corrected chi connectivity index (χ4v) is 3.72. The zero-order chi connectivity index (χ0) is 16.1. The minimum absolute atomic E-state index is 0.240. The number of hydrogen-bond acceptors (Lipinski definition) is 4. The number of aromatic nitrogens is 3. The van der Waals surface area contributed by atoms with Gasteiger partial charge in [0.2, 0.25) is 0 Å². The first-order valence-electron chi connectivity index (χ1n) is 7.04. The first-order chi connectivity index (χ1) is 10.3. The van der Waals surface area contributed by atoms with Gasteiger partial charge in [-0.05, 0) is 19.1 Å². The summed E-state index contributed by atoms with van der Waals surface area (Å²) < 4.78 is 1.83. The van der Waals surface area contributed by atoms with Crippen LogP contribution in [-0.2, 0) is 5.41 Å². The Bertz CT molecular complexity index is 870. The van der Waals surface area contributed by atoms with Crippen molar-refractivity contribution in [2.24, 2.45) is 5.73 Å². The summed E-state index contributed by atoms with van der Waals surface area (Å²) in [6.07, 6.45) is 1.90. The molecule has 0 spiro atoms. The smallest absolute Gasteiger partial charge is 0.260 e. The largest absolute Gasteiger partial charge is 0.365 e. The zero-order valence-electron chi connectivity index (χ0n) is 13.0. The lowest BCUT2D eigenvalue weighted by Crippen LogP contribution is -2.19. The van der Waals surface area contributed by atoms with Crippen LogP contribution in [0.4, 0.5) is 0 Å². The maximum atomic E-state index is 11.8. The van der Waals surface area contributed by atoms with Crippen LogP contribution in [0.15, 0.2) is 24.4 Å². The van der Waals surface area contributed by atoms with E-state index in [1.165, 1.54) is 11.3 Å². The SMILES string of the molecule is Cc1nn2ccccc2c1-c1nc(C(C)(C)C)c(C(N)=O)s1. The van der Waals surface area contributed by atoms with Crippen LogP contribution in [0.2, 0.25) is 0 Å². The van der Waals surface area contributed by atoms with Gasteiger partial charge in [0.25, 0.3) is 5.91 Å². The van der Waals surface area contributed by atoms with Gasteiger partial charge in [0.15, 0.2) is 0 Å². The maximum absolute atomic E-state index is 11.8. The average Bonchev–Trinajstić information content (AvgIpc) is 2.97. The molecule has 0 bridgehead atoms. The number of thiazole rings is 1. The summed E-state index contributed by atoms with van der Waals surface area (Å²) in [6.45, 7) is 8.04. The van der Waals surface area contributed by atoms with Crippen LogP contribution in [0.5, 0.6) is 0 Å². The number of nitrogens with two attached hydrogens (primary N) is 1. The highest BCUT2D eigenvalue weighted by atomic mass is 32.1. The predicted octanol–water partition coefficient (Wildman–Crippen LogP) is 3.16. The molecule has 0 aliphatic carbocycles. The van der Waals surface area contributed by atoms with Gasteiger partial charge in [0.1, 0.15) is 9.88 Å². The van der Waals surface area contributed by atoms with E-state index in [0.29, 0.717) is 4.88 Å². The normalized spacial score (nSPS) is 12.0. The fourth-order valence-electron chi connectivity index (χ4n) is 2.48. The molecule has 0 aliphatic rings. The van der Waals surface area contributed by atoms with E-state index in [9.17, 15) is 4.79 Å². The van der Waals surface area contributed by atoms with Crippen LogP contribution in [0.1, 0.15) is 41.8 Å². The maximum Gasteiger partial charge on any atom is 0.260 e. The molecule has 0 saturated carbocycles. The van der Waals surface area contributed by atoms with Crippen LogP contribution in [-0.4, -0.2) is 20.5 Å². The van der Waals surface area contributed by atoms with Crippen molar-refractivity contribution in [2.45, 2.75) is 33.1 Å². The molecule has 3 heterocycles. The molecule has 0 atom stereocenters. The quantitative estimate of drug-likeness (QED) is 0.789. The van der Waals surface area contributed by atoms with Crippen LogP contribution in [0.25, 0.3) is 16.1 Å². The third-order valence-electron chi connectivity index (χ3n) is 3.49. The van der Waals surface area contributed by atoms with Crippen molar-refractivity contribution < 1.29 is 4.79 Å². The molecular weight excluding hydrogens is 296 g/mol. The minimum Gasteiger partial charge on any atom is -0.365 e.